The average Bonchev–Trinajstić information content (AvgIpc) is 2.90. The van der Waals surface area contributed by atoms with Crippen molar-refractivity contribution in [3.63, 3.8) is 0 Å². The summed E-state index contributed by atoms with van der Waals surface area (Å²) in [7, 11) is 0. The summed E-state index contributed by atoms with van der Waals surface area (Å²) in [5.41, 5.74) is 8.10. The lowest BCUT2D eigenvalue weighted by Gasteiger charge is -2.28. The van der Waals surface area contributed by atoms with Crippen molar-refractivity contribution >= 4 is 0 Å². The lowest BCUT2D eigenvalue weighted by atomic mass is 10.1. The van der Waals surface area contributed by atoms with Crippen LogP contribution in [0.2, 0.25) is 0 Å². The molecule has 1 aliphatic rings. The van der Waals surface area contributed by atoms with E-state index in [2.05, 4.69) is 28.0 Å². The van der Waals surface area contributed by atoms with Crippen molar-refractivity contribution in [1.82, 2.24) is 15.0 Å². The van der Waals surface area contributed by atoms with Crippen molar-refractivity contribution in [2.75, 3.05) is 13.1 Å². The van der Waals surface area contributed by atoms with E-state index in [0.29, 0.717) is 24.3 Å². The first-order valence-electron chi connectivity index (χ1n) is 7.09. The zero-order valence-corrected chi connectivity index (χ0v) is 11.7. The van der Waals surface area contributed by atoms with Crippen molar-refractivity contribution in [2.45, 2.75) is 32.4 Å². The van der Waals surface area contributed by atoms with Crippen LogP contribution in [0.15, 0.2) is 28.8 Å². The molecule has 0 unspecified atom stereocenters. The molecule has 0 atom stereocenters. The van der Waals surface area contributed by atoms with Crippen molar-refractivity contribution < 1.29 is 4.52 Å². The van der Waals surface area contributed by atoms with Crippen molar-refractivity contribution in [1.29, 1.82) is 0 Å². The Kier molecular flexibility index (Phi) is 3.80. The fraction of sp³-hybridized carbons (Fsp3) is 0.467. The molecule has 0 spiro atoms. The van der Waals surface area contributed by atoms with Gasteiger partial charge in [-0.2, -0.15) is 4.98 Å². The van der Waals surface area contributed by atoms with Gasteiger partial charge in [0.1, 0.15) is 0 Å². The lowest BCUT2D eigenvalue weighted by molar-refractivity contribution is 0.182. The van der Waals surface area contributed by atoms with E-state index in [0.717, 1.165) is 37.1 Å². The number of benzene rings is 1. The third-order valence-corrected chi connectivity index (χ3v) is 3.85. The van der Waals surface area contributed by atoms with Gasteiger partial charge in [0.05, 0.1) is 6.54 Å². The van der Waals surface area contributed by atoms with Gasteiger partial charge < -0.3 is 10.3 Å². The Morgan fingerprint density at radius 2 is 2.05 bits per heavy atom. The minimum absolute atomic E-state index is 0.344. The largest absolute Gasteiger partial charge is 0.338 e. The van der Waals surface area contributed by atoms with E-state index in [-0.39, 0.29) is 0 Å². The van der Waals surface area contributed by atoms with Crippen LogP contribution in [0.25, 0.3) is 11.4 Å². The number of aryl methyl sites for hydroxylation is 1. The molecule has 106 valence electrons. The molecule has 0 amide bonds. The number of rotatable bonds is 3. The molecule has 1 aromatic heterocycles. The van der Waals surface area contributed by atoms with E-state index in [9.17, 15) is 0 Å². The summed E-state index contributed by atoms with van der Waals surface area (Å²) in [6, 6.07) is 8.42. The molecule has 20 heavy (non-hydrogen) atoms. The summed E-state index contributed by atoms with van der Waals surface area (Å²) in [4.78, 5) is 6.82. The molecule has 2 aromatic rings. The van der Waals surface area contributed by atoms with E-state index in [4.69, 9.17) is 10.3 Å². The molecule has 0 radical (unpaired) electrons. The Labute approximate surface area is 118 Å². The second-order valence-electron chi connectivity index (χ2n) is 5.44. The fourth-order valence-corrected chi connectivity index (χ4v) is 2.55. The van der Waals surface area contributed by atoms with Crippen molar-refractivity contribution in [3.8, 4) is 11.4 Å². The molecule has 1 fully saturated rings. The van der Waals surface area contributed by atoms with Crippen LogP contribution < -0.4 is 5.73 Å². The van der Waals surface area contributed by atoms with Gasteiger partial charge in [0.2, 0.25) is 11.7 Å². The zero-order chi connectivity index (χ0) is 13.9. The summed E-state index contributed by atoms with van der Waals surface area (Å²) in [6.45, 7) is 4.77. The Bertz CT molecular complexity index is 573. The molecule has 1 saturated heterocycles. The van der Waals surface area contributed by atoms with Crippen molar-refractivity contribution in [2.24, 2.45) is 5.73 Å². The predicted octanol–water partition coefficient (Wildman–Crippen LogP) is 1.97. The quantitative estimate of drug-likeness (QED) is 0.925. The van der Waals surface area contributed by atoms with Gasteiger partial charge in [-0.15, -0.1) is 0 Å². The molecule has 0 aliphatic carbocycles. The third-order valence-electron chi connectivity index (χ3n) is 3.85. The number of piperidine rings is 1. The van der Waals surface area contributed by atoms with Crippen molar-refractivity contribution in [3.05, 3.63) is 35.7 Å². The van der Waals surface area contributed by atoms with Crippen LogP contribution in [0.5, 0.6) is 0 Å². The zero-order valence-electron chi connectivity index (χ0n) is 11.7. The Morgan fingerprint density at radius 3 is 2.80 bits per heavy atom. The van der Waals surface area contributed by atoms with Crippen LogP contribution in [0.4, 0.5) is 0 Å². The maximum Gasteiger partial charge on any atom is 0.241 e. The number of hydrogen-bond donors (Lipinski definition) is 1. The van der Waals surface area contributed by atoms with Gasteiger partial charge in [0, 0.05) is 24.7 Å². The molecular weight excluding hydrogens is 252 g/mol. The Hall–Kier alpha value is -1.72. The molecule has 5 nitrogen and oxygen atoms in total. The number of nitrogens with two attached hydrogens (primary N) is 1. The highest BCUT2D eigenvalue weighted by Crippen LogP contribution is 2.20. The normalized spacial score (nSPS) is 17.5. The highest BCUT2D eigenvalue weighted by molar-refractivity contribution is 5.58. The average molecular weight is 272 g/mol. The highest BCUT2D eigenvalue weighted by Gasteiger charge is 2.19. The maximum atomic E-state index is 5.91. The second-order valence-corrected chi connectivity index (χ2v) is 5.44. The van der Waals surface area contributed by atoms with E-state index >= 15 is 0 Å². The first-order valence-corrected chi connectivity index (χ1v) is 7.09. The first-order chi connectivity index (χ1) is 9.72. The molecule has 1 aliphatic heterocycles. The number of likely N-dealkylation sites (tertiary alicyclic amines) is 1. The molecule has 1 aromatic carbocycles. The summed E-state index contributed by atoms with van der Waals surface area (Å²) in [5.74, 6) is 1.35. The number of nitrogens with zero attached hydrogens (tertiary/aromatic N) is 3. The molecular formula is C15H20N4O. The van der Waals surface area contributed by atoms with Crippen LogP contribution in [0, 0.1) is 6.92 Å². The van der Waals surface area contributed by atoms with Crippen LogP contribution in [-0.2, 0) is 6.54 Å². The van der Waals surface area contributed by atoms with Crippen LogP contribution >= 0.6 is 0 Å². The van der Waals surface area contributed by atoms with Crippen LogP contribution in [-0.4, -0.2) is 34.2 Å². The van der Waals surface area contributed by atoms with E-state index in [1.807, 2.05) is 18.2 Å². The monoisotopic (exact) mass is 272 g/mol. The van der Waals surface area contributed by atoms with Gasteiger partial charge in [0.25, 0.3) is 0 Å². The summed E-state index contributed by atoms with van der Waals surface area (Å²) >= 11 is 0. The van der Waals surface area contributed by atoms with Gasteiger partial charge in [-0.1, -0.05) is 29.4 Å². The minimum atomic E-state index is 0.344. The van der Waals surface area contributed by atoms with E-state index < -0.39 is 0 Å². The predicted molar refractivity (Wildman–Crippen MR) is 77.0 cm³/mol. The summed E-state index contributed by atoms with van der Waals surface area (Å²) < 4.78 is 5.37. The van der Waals surface area contributed by atoms with Gasteiger partial charge in [-0.05, 0) is 25.3 Å². The van der Waals surface area contributed by atoms with Gasteiger partial charge >= 0.3 is 0 Å². The second kappa shape index (κ2) is 5.73. The minimum Gasteiger partial charge on any atom is -0.338 e. The Balaban J connectivity index is 1.70. The van der Waals surface area contributed by atoms with Gasteiger partial charge in [0.15, 0.2) is 0 Å². The van der Waals surface area contributed by atoms with Gasteiger partial charge in [-0.3, -0.25) is 4.90 Å². The topological polar surface area (TPSA) is 68.2 Å². The van der Waals surface area contributed by atoms with E-state index in [1.165, 1.54) is 0 Å². The highest BCUT2D eigenvalue weighted by atomic mass is 16.5. The van der Waals surface area contributed by atoms with Gasteiger partial charge in [-0.25, -0.2) is 0 Å². The SMILES string of the molecule is Cc1ccccc1-c1noc(CN2CCC(N)CC2)n1. The molecule has 0 saturated carbocycles. The number of hydrogen-bond acceptors (Lipinski definition) is 5. The first kappa shape index (κ1) is 13.3. The fourth-order valence-electron chi connectivity index (χ4n) is 2.55. The number of aromatic nitrogens is 2. The third kappa shape index (κ3) is 2.89. The lowest BCUT2D eigenvalue weighted by Crippen LogP contribution is -2.39. The molecule has 0 bridgehead atoms. The smallest absolute Gasteiger partial charge is 0.241 e. The molecule has 2 N–H and O–H groups in total. The summed E-state index contributed by atoms with van der Waals surface area (Å²) in [6.07, 6.45) is 2.08. The molecule has 2 heterocycles. The van der Waals surface area contributed by atoms with Crippen LogP contribution in [0.3, 0.4) is 0 Å². The van der Waals surface area contributed by atoms with Crippen LogP contribution in [0.1, 0.15) is 24.3 Å². The standard InChI is InChI=1S/C15H20N4O/c1-11-4-2-3-5-13(11)15-17-14(20-18-15)10-19-8-6-12(16)7-9-19/h2-5,12H,6-10,16H2,1H3. The molecule has 5 heteroatoms. The Morgan fingerprint density at radius 1 is 1.30 bits per heavy atom. The summed E-state index contributed by atoms with van der Waals surface area (Å²) in [5, 5.41) is 4.09. The molecule has 3 rings (SSSR count). The maximum absolute atomic E-state index is 5.91. The van der Waals surface area contributed by atoms with E-state index in [1.54, 1.807) is 0 Å².